The van der Waals surface area contributed by atoms with Crippen molar-refractivity contribution >= 4 is 27.8 Å². The monoisotopic (exact) mass is 471 g/mol. The number of benzene rings is 2. The number of halogens is 1. The van der Waals surface area contributed by atoms with Gasteiger partial charge in [0.1, 0.15) is 0 Å². The Bertz CT molecular complexity index is 1110. The van der Waals surface area contributed by atoms with Crippen molar-refractivity contribution in [1.29, 1.82) is 0 Å². The van der Waals surface area contributed by atoms with E-state index in [1.54, 1.807) is 61.5 Å². The number of hydrogen-bond donors (Lipinski definition) is 2. The van der Waals surface area contributed by atoms with Crippen LogP contribution in [0.4, 0.5) is 0 Å². The van der Waals surface area contributed by atoms with Gasteiger partial charge in [-0.15, -0.1) is 0 Å². The highest BCUT2D eigenvalue weighted by Gasteiger charge is 2.27. The Hall–Kier alpha value is -3.46. The molecule has 0 saturated heterocycles. The van der Waals surface area contributed by atoms with Crippen molar-refractivity contribution in [3.05, 3.63) is 86.7 Å². The summed E-state index contributed by atoms with van der Waals surface area (Å²) in [5.41, 5.74) is -0.105. The molecule has 1 unspecified atom stereocenters. The Morgan fingerprint density at radius 1 is 1.17 bits per heavy atom. The normalized spacial score (nSPS) is 11.5. The number of aromatic nitrogens is 2. The van der Waals surface area contributed by atoms with E-state index in [4.69, 9.17) is 4.74 Å². The van der Waals surface area contributed by atoms with Gasteiger partial charge >= 0.3 is 5.97 Å². The molecule has 30 heavy (non-hydrogen) atoms. The maximum absolute atomic E-state index is 12.8. The molecule has 3 rings (SSSR count). The minimum Gasteiger partial charge on any atom is -0.505 e. The van der Waals surface area contributed by atoms with Crippen LogP contribution in [0.1, 0.15) is 29.0 Å². The van der Waals surface area contributed by atoms with Gasteiger partial charge in [-0.05, 0) is 36.8 Å². The van der Waals surface area contributed by atoms with Gasteiger partial charge in [0.2, 0.25) is 0 Å². The predicted octanol–water partition coefficient (Wildman–Crippen LogP) is 2.73. The molecule has 0 spiro atoms. The predicted molar refractivity (Wildman–Crippen MR) is 112 cm³/mol. The van der Waals surface area contributed by atoms with Gasteiger partial charge in [-0.2, -0.15) is 9.78 Å². The van der Waals surface area contributed by atoms with Crippen LogP contribution in [0.15, 0.2) is 69.9 Å². The second-order valence-corrected chi connectivity index (χ2v) is 7.09. The zero-order valence-electron chi connectivity index (χ0n) is 15.9. The summed E-state index contributed by atoms with van der Waals surface area (Å²) in [5, 5.41) is 16.7. The highest BCUT2D eigenvalue weighted by Crippen LogP contribution is 2.19. The first-order chi connectivity index (χ1) is 14.4. The molecule has 0 bridgehead atoms. The number of amides is 1. The van der Waals surface area contributed by atoms with E-state index in [0.29, 0.717) is 11.3 Å². The fourth-order valence-electron chi connectivity index (χ4n) is 2.72. The topological polar surface area (TPSA) is 111 Å². The third kappa shape index (κ3) is 4.74. The van der Waals surface area contributed by atoms with E-state index < -0.39 is 34.9 Å². The van der Waals surface area contributed by atoms with Gasteiger partial charge < -0.3 is 15.2 Å². The van der Waals surface area contributed by atoms with Gasteiger partial charge in [-0.25, -0.2) is 4.79 Å². The number of carbonyl (C=O) groups excluding carboxylic acids is 2. The average Bonchev–Trinajstić information content (AvgIpc) is 2.73. The minimum atomic E-state index is -1.10. The lowest BCUT2D eigenvalue weighted by Crippen LogP contribution is -2.36. The molecule has 0 aliphatic heterocycles. The van der Waals surface area contributed by atoms with Gasteiger partial charge in [-0.3, -0.25) is 9.59 Å². The van der Waals surface area contributed by atoms with E-state index in [1.807, 2.05) is 0 Å². The lowest BCUT2D eigenvalue weighted by Gasteiger charge is -2.18. The second kappa shape index (κ2) is 9.36. The Labute approximate surface area is 180 Å². The van der Waals surface area contributed by atoms with Crippen LogP contribution >= 0.6 is 15.9 Å². The van der Waals surface area contributed by atoms with Crippen LogP contribution in [0, 0.1) is 0 Å². The molecular formula is C21H18BrN3O5. The molecule has 1 heterocycles. The second-order valence-electron chi connectivity index (χ2n) is 6.17. The molecule has 0 aliphatic rings. The highest BCUT2D eigenvalue weighted by molar-refractivity contribution is 9.10. The average molecular weight is 472 g/mol. The lowest BCUT2D eigenvalue weighted by molar-refractivity contribution is -0.145. The molecule has 2 N–H and O–H groups in total. The fourth-order valence-corrected chi connectivity index (χ4v) is 2.99. The first-order valence-corrected chi connectivity index (χ1v) is 9.81. The maximum Gasteiger partial charge on any atom is 0.333 e. The van der Waals surface area contributed by atoms with Crippen molar-refractivity contribution in [2.75, 3.05) is 6.61 Å². The first kappa shape index (κ1) is 21.3. The molecule has 154 valence electrons. The fraction of sp³-hybridized carbons (Fsp3) is 0.143. The van der Waals surface area contributed by atoms with E-state index in [-0.39, 0.29) is 6.61 Å². The Balaban J connectivity index is 1.96. The standard InChI is InChI=1S/C21H18BrN3O5/c1-2-30-21(29)18(13-6-4-3-5-7-13)23-20(28)19-16(26)12-17(27)25(24-19)15-10-8-14(22)9-11-15/h3-12,18,26H,2H2,1H3,(H,23,28). The van der Waals surface area contributed by atoms with Gasteiger partial charge in [0.25, 0.3) is 11.5 Å². The summed E-state index contributed by atoms with van der Waals surface area (Å²) in [6.45, 7) is 1.79. The molecule has 1 atom stereocenters. The number of aromatic hydroxyl groups is 1. The summed E-state index contributed by atoms with van der Waals surface area (Å²) in [7, 11) is 0. The van der Waals surface area contributed by atoms with Crippen molar-refractivity contribution in [1.82, 2.24) is 15.1 Å². The largest absolute Gasteiger partial charge is 0.505 e. The van der Waals surface area contributed by atoms with Crippen molar-refractivity contribution in [3.8, 4) is 11.4 Å². The zero-order valence-corrected chi connectivity index (χ0v) is 17.5. The summed E-state index contributed by atoms with van der Waals surface area (Å²) >= 11 is 3.31. The summed E-state index contributed by atoms with van der Waals surface area (Å²) < 4.78 is 6.84. The summed E-state index contributed by atoms with van der Waals surface area (Å²) in [5.74, 6) is -2.08. The molecule has 2 aromatic carbocycles. The Morgan fingerprint density at radius 2 is 1.83 bits per heavy atom. The van der Waals surface area contributed by atoms with E-state index in [0.717, 1.165) is 15.2 Å². The maximum atomic E-state index is 12.8. The summed E-state index contributed by atoms with van der Waals surface area (Å²) in [6, 6.07) is 15.0. The summed E-state index contributed by atoms with van der Waals surface area (Å²) in [4.78, 5) is 37.5. The van der Waals surface area contributed by atoms with Crippen LogP contribution < -0.4 is 10.9 Å². The molecule has 1 aromatic heterocycles. The Morgan fingerprint density at radius 3 is 2.47 bits per heavy atom. The molecule has 0 aliphatic carbocycles. The molecule has 0 saturated carbocycles. The van der Waals surface area contributed by atoms with E-state index in [9.17, 15) is 19.5 Å². The molecule has 0 radical (unpaired) electrons. The Kier molecular flexibility index (Phi) is 6.63. The number of hydrogen-bond acceptors (Lipinski definition) is 6. The van der Waals surface area contributed by atoms with E-state index in [1.165, 1.54) is 0 Å². The quantitative estimate of drug-likeness (QED) is 0.534. The number of carbonyl (C=O) groups is 2. The van der Waals surface area contributed by atoms with Crippen LogP contribution in [0.2, 0.25) is 0 Å². The third-order valence-corrected chi connectivity index (χ3v) is 4.66. The molecule has 8 nitrogen and oxygen atoms in total. The molecular weight excluding hydrogens is 454 g/mol. The number of rotatable bonds is 6. The number of nitrogens with zero attached hydrogens (tertiary/aromatic N) is 2. The van der Waals surface area contributed by atoms with Crippen LogP contribution in [0.3, 0.4) is 0 Å². The number of ether oxygens (including phenoxy) is 1. The third-order valence-electron chi connectivity index (χ3n) is 4.13. The van der Waals surface area contributed by atoms with Crippen molar-refractivity contribution in [3.63, 3.8) is 0 Å². The van der Waals surface area contributed by atoms with E-state index in [2.05, 4.69) is 26.3 Å². The van der Waals surface area contributed by atoms with Gasteiger partial charge in [0.15, 0.2) is 17.5 Å². The van der Waals surface area contributed by atoms with Gasteiger partial charge in [0.05, 0.1) is 12.3 Å². The van der Waals surface area contributed by atoms with Gasteiger partial charge in [-0.1, -0.05) is 46.3 Å². The molecule has 1 amide bonds. The van der Waals surface area contributed by atoms with Crippen molar-refractivity contribution < 1.29 is 19.4 Å². The lowest BCUT2D eigenvalue weighted by atomic mass is 10.1. The van der Waals surface area contributed by atoms with Gasteiger partial charge in [0, 0.05) is 10.5 Å². The zero-order chi connectivity index (χ0) is 21.7. The van der Waals surface area contributed by atoms with E-state index >= 15 is 0 Å². The van der Waals surface area contributed by atoms with Crippen molar-refractivity contribution in [2.24, 2.45) is 0 Å². The number of esters is 1. The molecule has 3 aromatic rings. The van der Waals surface area contributed by atoms with Crippen LogP contribution in [-0.4, -0.2) is 33.4 Å². The summed E-state index contributed by atoms with van der Waals surface area (Å²) in [6.07, 6.45) is 0. The minimum absolute atomic E-state index is 0.135. The number of nitrogens with one attached hydrogen (secondary N) is 1. The van der Waals surface area contributed by atoms with Crippen molar-refractivity contribution in [2.45, 2.75) is 13.0 Å². The molecule has 0 fully saturated rings. The highest BCUT2D eigenvalue weighted by atomic mass is 79.9. The molecule has 9 heteroatoms. The smallest absolute Gasteiger partial charge is 0.333 e. The van der Waals surface area contributed by atoms with Crippen LogP contribution in [0.25, 0.3) is 5.69 Å². The van der Waals surface area contributed by atoms with Crippen LogP contribution in [-0.2, 0) is 9.53 Å². The first-order valence-electron chi connectivity index (χ1n) is 9.02. The SMILES string of the molecule is CCOC(=O)C(NC(=O)c1nn(-c2ccc(Br)cc2)c(=O)cc1O)c1ccccc1. The van der Waals surface area contributed by atoms with Crippen LogP contribution in [0.5, 0.6) is 5.75 Å².